The predicted octanol–water partition coefficient (Wildman–Crippen LogP) is 4.54. The van der Waals surface area contributed by atoms with Gasteiger partial charge in [-0.05, 0) is 74.9 Å². The monoisotopic (exact) mass is 638 g/mol. The lowest BCUT2D eigenvalue weighted by Crippen LogP contribution is -2.22. The number of carbonyl (C=O) groups excluding carboxylic acids is 4. The highest BCUT2D eigenvalue weighted by atomic mass is 16.2. The van der Waals surface area contributed by atoms with Crippen LogP contribution in [0.1, 0.15) is 71.7 Å². The van der Waals surface area contributed by atoms with Crippen molar-refractivity contribution in [2.75, 3.05) is 28.2 Å². The largest absolute Gasteiger partial charge is 0.358 e. The number of allylic oxidation sites excluding steroid dienone is 2. The zero-order valence-corrected chi connectivity index (χ0v) is 28.8. The van der Waals surface area contributed by atoms with E-state index < -0.39 is 0 Å². The Morgan fingerprint density at radius 2 is 1.02 bits per heavy atom. The molecule has 2 aliphatic rings. The maximum Gasteiger partial charge on any atom is 0.251 e. The van der Waals surface area contributed by atoms with Gasteiger partial charge in [0.15, 0.2) is 0 Å². The van der Waals surface area contributed by atoms with E-state index in [4.69, 9.17) is 0 Å². The summed E-state index contributed by atoms with van der Waals surface area (Å²) in [6.45, 7) is 15.4. The molecular weight excluding hydrogens is 592 g/mol. The number of hydrogen-bond donors (Lipinski definition) is 4. The van der Waals surface area contributed by atoms with Gasteiger partial charge in [-0.15, -0.1) is 0 Å². The van der Waals surface area contributed by atoms with Gasteiger partial charge in [-0.3, -0.25) is 19.2 Å². The lowest BCUT2D eigenvalue weighted by molar-refractivity contribution is -0.129. The van der Waals surface area contributed by atoms with Crippen LogP contribution >= 0.6 is 0 Å². The average Bonchev–Trinajstić information content (AvgIpc) is 3.66. The van der Waals surface area contributed by atoms with Gasteiger partial charge in [0, 0.05) is 92.5 Å². The Bertz CT molecular complexity index is 1670. The standard InChI is InChI=1S/C37H46N6O4/c1-11-24-22(5)36(46)40-30(24)17-28-20(3)26(13-15-34(44)42(7)8)32(38-28)19-33-27(14-16-35(45)43(9)10)21(4)29(39-33)18-31-25(12-2)23(6)37(47)41-31/h11-12,17-18,38-39H,1-2,13-16,19H2,3-10H3,(H,40,46)(H,41,47)/b30-17-,31-18-. The van der Waals surface area contributed by atoms with Crippen LogP contribution in [0.2, 0.25) is 0 Å². The summed E-state index contributed by atoms with van der Waals surface area (Å²) >= 11 is 0. The first-order chi connectivity index (χ1) is 22.2. The van der Waals surface area contributed by atoms with Crippen molar-refractivity contribution in [1.82, 2.24) is 30.4 Å². The van der Waals surface area contributed by atoms with E-state index in [0.29, 0.717) is 54.6 Å². The first kappa shape index (κ1) is 34.7. The molecule has 0 unspecified atom stereocenters. The Kier molecular flexibility index (Phi) is 10.4. The van der Waals surface area contributed by atoms with E-state index in [-0.39, 0.29) is 23.6 Å². The van der Waals surface area contributed by atoms with Crippen LogP contribution in [0, 0.1) is 13.8 Å². The van der Waals surface area contributed by atoms with Crippen molar-refractivity contribution in [3.63, 3.8) is 0 Å². The Labute approximate surface area is 277 Å². The number of hydrogen-bond acceptors (Lipinski definition) is 4. The summed E-state index contributed by atoms with van der Waals surface area (Å²) in [7, 11) is 6.99. The van der Waals surface area contributed by atoms with Crippen molar-refractivity contribution < 1.29 is 19.2 Å². The lowest BCUT2D eigenvalue weighted by Gasteiger charge is -2.12. The molecule has 4 rings (SSSR count). The molecule has 47 heavy (non-hydrogen) atoms. The van der Waals surface area contributed by atoms with Gasteiger partial charge in [0.05, 0.1) is 11.4 Å². The van der Waals surface area contributed by atoms with Crippen LogP contribution in [0.15, 0.2) is 59.0 Å². The van der Waals surface area contributed by atoms with Crippen LogP contribution in [0.5, 0.6) is 0 Å². The minimum absolute atomic E-state index is 0.0273. The van der Waals surface area contributed by atoms with Gasteiger partial charge in [-0.1, -0.05) is 25.3 Å². The summed E-state index contributed by atoms with van der Waals surface area (Å²) in [5.41, 5.74) is 11.6. The third kappa shape index (κ3) is 7.16. The zero-order chi connectivity index (χ0) is 34.7. The third-order valence-electron chi connectivity index (χ3n) is 9.09. The van der Waals surface area contributed by atoms with Gasteiger partial charge < -0.3 is 30.4 Å². The Morgan fingerprint density at radius 3 is 1.34 bits per heavy atom. The Hall–Kier alpha value is -5.12. The van der Waals surface area contributed by atoms with E-state index in [1.54, 1.807) is 64.0 Å². The minimum atomic E-state index is -0.157. The number of aromatic nitrogens is 2. The normalized spacial score (nSPS) is 16.3. The fourth-order valence-electron chi connectivity index (χ4n) is 6.05. The number of nitrogens with zero attached hydrogens (tertiary/aromatic N) is 2. The van der Waals surface area contributed by atoms with Gasteiger partial charge >= 0.3 is 0 Å². The third-order valence-corrected chi connectivity index (χ3v) is 9.09. The minimum Gasteiger partial charge on any atom is -0.358 e. The quantitative estimate of drug-likeness (QED) is 0.272. The summed E-state index contributed by atoms with van der Waals surface area (Å²) in [5.74, 6) is -0.258. The first-order valence-electron chi connectivity index (χ1n) is 15.7. The SMILES string of the molecule is C=CC1=C(C)C(=O)N/C1=C\c1[nH]c(Cc2[nH]c(/C=C3\NC(=O)C(C)=C3C=C)c(C)c2CCC(=O)N(C)C)c(CCC(=O)N(C)C)c1C. The van der Waals surface area contributed by atoms with E-state index in [0.717, 1.165) is 56.2 Å². The summed E-state index contributed by atoms with van der Waals surface area (Å²) in [4.78, 5) is 60.5. The van der Waals surface area contributed by atoms with E-state index in [1.807, 2.05) is 26.0 Å². The summed E-state index contributed by atoms with van der Waals surface area (Å²) in [5, 5.41) is 5.87. The first-order valence-corrected chi connectivity index (χ1v) is 15.7. The predicted molar refractivity (Wildman–Crippen MR) is 186 cm³/mol. The van der Waals surface area contributed by atoms with Crippen LogP contribution in [0.3, 0.4) is 0 Å². The molecule has 10 nitrogen and oxygen atoms in total. The second-order valence-corrected chi connectivity index (χ2v) is 12.5. The Morgan fingerprint density at radius 1 is 0.660 bits per heavy atom. The van der Waals surface area contributed by atoms with Crippen LogP contribution in [-0.4, -0.2) is 71.6 Å². The fourth-order valence-corrected chi connectivity index (χ4v) is 6.05. The molecule has 248 valence electrons. The summed E-state index contributed by atoms with van der Waals surface area (Å²) < 4.78 is 0. The molecule has 0 saturated heterocycles. The molecule has 0 aliphatic carbocycles. The highest BCUT2D eigenvalue weighted by Crippen LogP contribution is 2.32. The van der Waals surface area contributed by atoms with Crippen molar-refractivity contribution in [2.24, 2.45) is 0 Å². The van der Waals surface area contributed by atoms with E-state index in [2.05, 4.69) is 33.8 Å². The van der Waals surface area contributed by atoms with Gasteiger partial charge in [0.2, 0.25) is 11.8 Å². The highest BCUT2D eigenvalue weighted by Gasteiger charge is 2.26. The molecule has 0 fully saturated rings. The maximum atomic E-state index is 12.7. The lowest BCUT2D eigenvalue weighted by atomic mass is 9.98. The number of amides is 4. The van der Waals surface area contributed by atoms with E-state index in [1.165, 1.54) is 0 Å². The number of rotatable bonds is 12. The topological polar surface area (TPSA) is 130 Å². The van der Waals surface area contributed by atoms with Gasteiger partial charge in [0.25, 0.3) is 11.8 Å². The van der Waals surface area contributed by atoms with Gasteiger partial charge in [-0.25, -0.2) is 0 Å². The molecule has 4 N–H and O–H groups in total. The fraction of sp³-hybridized carbons (Fsp3) is 0.351. The van der Waals surface area contributed by atoms with E-state index >= 15 is 0 Å². The van der Waals surface area contributed by atoms with Crippen LogP contribution in [0.25, 0.3) is 12.2 Å². The molecule has 4 heterocycles. The molecule has 0 saturated carbocycles. The molecule has 0 spiro atoms. The highest BCUT2D eigenvalue weighted by molar-refractivity contribution is 6.02. The zero-order valence-electron chi connectivity index (χ0n) is 28.8. The second-order valence-electron chi connectivity index (χ2n) is 12.5. The van der Waals surface area contributed by atoms with Crippen molar-refractivity contribution >= 4 is 35.8 Å². The van der Waals surface area contributed by atoms with Crippen molar-refractivity contribution in [3.8, 4) is 0 Å². The molecule has 0 aromatic carbocycles. The number of aromatic amines is 2. The number of H-pyrrole nitrogens is 2. The van der Waals surface area contributed by atoms with Gasteiger partial charge in [-0.2, -0.15) is 0 Å². The van der Waals surface area contributed by atoms with Crippen LogP contribution in [0.4, 0.5) is 0 Å². The van der Waals surface area contributed by atoms with Crippen molar-refractivity contribution in [1.29, 1.82) is 0 Å². The Balaban J connectivity index is 1.82. The molecule has 10 heteroatoms. The average molecular weight is 639 g/mol. The second kappa shape index (κ2) is 14.1. The molecule has 4 amide bonds. The van der Waals surface area contributed by atoms with Crippen LogP contribution < -0.4 is 10.6 Å². The molecular formula is C37H46N6O4. The molecule has 0 bridgehead atoms. The van der Waals surface area contributed by atoms with Crippen molar-refractivity contribution in [3.05, 3.63) is 104 Å². The molecule has 2 aliphatic heterocycles. The van der Waals surface area contributed by atoms with Crippen LogP contribution in [-0.2, 0) is 38.4 Å². The number of carbonyl (C=O) groups is 4. The molecule has 2 aromatic heterocycles. The summed E-state index contributed by atoms with van der Waals surface area (Å²) in [6.07, 6.45) is 9.39. The molecule has 2 aromatic rings. The maximum absolute atomic E-state index is 12.7. The summed E-state index contributed by atoms with van der Waals surface area (Å²) in [6, 6.07) is 0. The smallest absolute Gasteiger partial charge is 0.251 e. The van der Waals surface area contributed by atoms with Crippen molar-refractivity contribution in [2.45, 2.75) is 59.8 Å². The molecule has 0 atom stereocenters. The van der Waals surface area contributed by atoms with Gasteiger partial charge in [0.1, 0.15) is 0 Å². The number of nitrogens with one attached hydrogen (secondary N) is 4. The van der Waals surface area contributed by atoms with E-state index in [9.17, 15) is 19.2 Å². The molecule has 0 radical (unpaired) electrons.